The van der Waals surface area contributed by atoms with E-state index >= 15 is 0 Å². The van der Waals surface area contributed by atoms with Crippen molar-refractivity contribution in [2.45, 2.75) is 104 Å². The minimum atomic E-state index is -0.0458. The molecule has 0 aliphatic heterocycles. The summed E-state index contributed by atoms with van der Waals surface area (Å²) in [5, 5.41) is 0. The van der Waals surface area contributed by atoms with Crippen molar-refractivity contribution in [3.05, 3.63) is 0 Å². The van der Waals surface area contributed by atoms with E-state index in [0.29, 0.717) is 11.1 Å². The highest BCUT2D eigenvalue weighted by molar-refractivity contribution is 5.68. The summed E-state index contributed by atoms with van der Waals surface area (Å²) in [5.41, 5.74) is 0. The Kier molecular flexibility index (Phi) is 14.6. The number of nitrogens with zero attached hydrogens (tertiary/aromatic N) is 1. The molecule has 0 N–H and O–H groups in total. The van der Waals surface area contributed by atoms with Crippen molar-refractivity contribution >= 4 is 5.97 Å². The van der Waals surface area contributed by atoms with Gasteiger partial charge in [-0.2, -0.15) is 0 Å². The molecule has 0 aliphatic carbocycles. The maximum Gasteiger partial charge on any atom is 0.366 e. The zero-order valence-corrected chi connectivity index (χ0v) is 16.4. The van der Waals surface area contributed by atoms with E-state index in [9.17, 15) is 4.79 Å². The van der Waals surface area contributed by atoms with Gasteiger partial charge in [0.25, 0.3) is 0 Å². The van der Waals surface area contributed by atoms with Crippen LogP contribution in [-0.2, 0) is 9.63 Å². The molecule has 0 aromatic rings. The van der Waals surface area contributed by atoms with Crippen molar-refractivity contribution < 1.29 is 14.3 Å². The summed E-state index contributed by atoms with van der Waals surface area (Å²) < 4.78 is 0.355. The van der Waals surface area contributed by atoms with Crippen molar-refractivity contribution in [2.24, 2.45) is 0 Å². The van der Waals surface area contributed by atoms with Gasteiger partial charge in [0.05, 0.1) is 6.42 Å². The average molecular weight is 329 g/mol. The zero-order valence-electron chi connectivity index (χ0n) is 16.4. The Labute approximate surface area is 145 Å². The summed E-state index contributed by atoms with van der Waals surface area (Å²) in [6.45, 7) is 5.26. The van der Waals surface area contributed by atoms with Crippen molar-refractivity contribution in [1.82, 2.24) is 0 Å². The lowest BCUT2D eigenvalue weighted by molar-refractivity contribution is -1.06. The monoisotopic (exact) mass is 328 g/mol. The van der Waals surface area contributed by atoms with Gasteiger partial charge < -0.3 is 0 Å². The molecule has 0 spiro atoms. The Bertz CT molecular complexity index is 277. The molecule has 0 unspecified atom stereocenters. The summed E-state index contributed by atoms with van der Waals surface area (Å²) in [4.78, 5) is 17.3. The second kappa shape index (κ2) is 15.0. The lowest BCUT2D eigenvalue weighted by atomic mass is 10.0. The second-order valence-electron chi connectivity index (χ2n) is 7.40. The third-order valence-corrected chi connectivity index (χ3v) is 4.35. The summed E-state index contributed by atoms with van der Waals surface area (Å²) in [6, 6.07) is 0. The largest absolute Gasteiger partial charge is 0.366 e. The highest BCUT2D eigenvalue weighted by atomic mass is 16.7. The van der Waals surface area contributed by atoms with Crippen LogP contribution in [0.4, 0.5) is 0 Å². The minimum Gasteiger partial charge on any atom is -0.277 e. The topological polar surface area (TPSA) is 26.3 Å². The standard InChI is InChI=1S/C20H42NO2/c1-5-7-8-9-10-11-12-13-14-15-16-17-18-20(22)23-21(3,4)19-6-2/h5-19H2,1-4H3/q+1. The average Bonchev–Trinajstić information content (AvgIpc) is 2.47. The van der Waals surface area contributed by atoms with Gasteiger partial charge in [0.15, 0.2) is 0 Å². The molecular formula is C20H42NO2+. The molecule has 23 heavy (non-hydrogen) atoms. The van der Waals surface area contributed by atoms with Gasteiger partial charge >= 0.3 is 5.97 Å². The first kappa shape index (κ1) is 22.4. The van der Waals surface area contributed by atoms with Gasteiger partial charge in [-0.15, -0.1) is 4.65 Å². The highest BCUT2D eigenvalue weighted by Gasteiger charge is 2.20. The van der Waals surface area contributed by atoms with Crippen LogP contribution in [0.5, 0.6) is 0 Å². The molecule has 0 aliphatic rings. The number of hydrogen-bond acceptors (Lipinski definition) is 2. The number of rotatable bonds is 16. The van der Waals surface area contributed by atoms with Crippen LogP contribution in [0.15, 0.2) is 0 Å². The number of hydroxylamine groups is 3. The van der Waals surface area contributed by atoms with Crippen molar-refractivity contribution in [1.29, 1.82) is 0 Å². The number of hydrogen-bond donors (Lipinski definition) is 0. The fourth-order valence-electron chi connectivity index (χ4n) is 3.02. The van der Waals surface area contributed by atoms with E-state index in [0.717, 1.165) is 25.8 Å². The van der Waals surface area contributed by atoms with E-state index in [-0.39, 0.29) is 5.97 Å². The summed E-state index contributed by atoms with van der Waals surface area (Å²) in [6.07, 6.45) is 17.4. The maximum atomic E-state index is 11.8. The maximum absolute atomic E-state index is 11.8. The zero-order chi connectivity index (χ0) is 17.4. The van der Waals surface area contributed by atoms with E-state index in [2.05, 4.69) is 13.8 Å². The van der Waals surface area contributed by atoms with E-state index in [1.165, 1.54) is 64.2 Å². The molecule has 0 rings (SSSR count). The van der Waals surface area contributed by atoms with E-state index in [1.54, 1.807) is 0 Å². The van der Waals surface area contributed by atoms with Crippen molar-refractivity contribution in [3.63, 3.8) is 0 Å². The SMILES string of the molecule is CCCCCCCCCCCCCCC(=O)O[N+](C)(C)CCC. The molecule has 0 atom stereocenters. The summed E-state index contributed by atoms with van der Waals surface area (Å²) in [7, 11) is 3.90. The predicted octanol–water partition coefficient (Wildman–Crippen LogP) is 6.02. The van der Waals surface area contributed by atoms with E-state index < -0.39 is 0 Å². The predicted molar refractivity (Wildman–Crippen MR) is 99.1 cm³/mol. The lowest BCUT2D eigenvalue weighted by Crippen LogP contribution is -2.42. The Balaban J connectivity index is 3.31. The number of quaternary nitrogens is 1. The third kappa shape index (κ3) is 16.1. The Morgan fingerprint density at radius 3 is 1.57 bits per heavy atom. The molecule has 0 radical (unpaired) electrons. The first-order valence-electron chi connectivity index (χ1n) is 10.1. The second-order valence-corrected chi connectivity index (χ2v) is 7.40. The van der Waals surface area contributed by atoms with Crippen LogP contribution in [0.25, 0.3) is 0 Å². The smallest absolute Gasteiger partial charge is 0.277 e. The van der Waals surface area contributed by atoms with Crippen LogP contribution in [0.1, 0.15) is 104 Å². The molecule has 0 heterocycles. The Morgan fingerprint density at radius 1 is 0.696 bits per heavy atom. The van der Waals surface area contributed by atoms with Gasteiger partial charge in [-0.1, -0.05) is 84.5 Å². The molecule has 138 valence electrons. The third-order valence-electron chi connectivity index (χ3n) is 4.35. The van der Waals surface area contributed by atoms with Gasteiger partial charge in [-0.25, -0.2) is 4.79 Å². The van der Waals surface area contributed by atoms with Crippen LogP contribution in [-0.4, -0.2) is 31.3 Å². The van der Waals surface area contributed by atoms with Crippen molar-refractivity contribution in [2.75, 3.05) is 20.6 Å². The molecular weight excluding hydrogens is 286 g/mol. The van der Waals surface area contributed by atoms with E-state index in [4.69, 9.17) is 4.84 Å². The minimum absolute atomic E-state index is 0.0458. The van der Waals surface area contributed by atoms with Gasteiger partial charge in [0, 0.05) is 0 Å². The Morgan fingerprint density at radius 2 is 1.13 bits per heavy atom. The first-order chi connectivity index (χ1) is 11.0. The highest BCUT2D eigenvalue weighted by Crippen LogP contribution is 2.13. The number of carbonyl (C=O) groups is 1. The molecule has 0 amide bonds. The fourth-order valence-corrected chi connectivity index (χ4v) is 3.02. The molecule has 3 nitrogen and oxygen atoms in total. The summed E-state index contributed by atoms with van der Waals surface area (Å²) in [5.74, 6) is -0.0458. The summed E-state index contributed by atoms with van der Waals surface area (Å²) >= 11 is 0. The molecule has 0 bridgehead atoms. The molecule has 0 fully saturated rings. The van der Waals surface area contributed by atoms with Crippen LogP contribution in [0.2, 0.25) is 0 Å². The molecule has 0 saturated carbocycles. The van der Waals surface area contributed by atoms with Crippen LogP contribution < -0.4 is 0 Å². The normalized spacial score (nSPS) is 11.7. The number of unbranched alkanes of at least 4 members (excludes halogenated alkanes) is 11. The van der Waals surface area contributed by atoms with Gasteiger partial charge in [0.1, 0.15) is 20.6 Å². The van der Waals surface area contributed by atoms with Crippen LogP contribution >= 0.6 is 0 Å². The lowest BCUT2D eigenvalue weighted by Gasteiger charge is -2.25. The fraction of sp³-hybridized carbons (Fsp3) is 0.950. The van der Waals surface area contributed by atoms with Gasteiger partial charge in [-0.3, -0.25) is 4.84 Å². The molecule has 3 heteroatoms. The van der Waals surface area contributed by atoms with E-state index in [1.807, 2.05) is 14.1 Å². The van der Waals surface area contributed by atoms with Crippen LogP contribution in [0.3, 0.4) is 0 Å². The van der Waals surface area contributed by atoms with Gasteiger partial charge in [0.2, 0.25) is 0 Å². The number of carbonyl (C=O) groups excluding carboxylic acids is 1. The molecule has 0 aromatic carbocycles. The van der Waals surface area contributed by atoms with Gasteiger partial charge in [-0.05, 0) is 12.8 Å². The molecule has 0 saturated heterocycles. The van der Waals surface area contributed by atoms with Crippen molar-refractivity contribution in [3.8, 4) is 0 Å². The quantitative estimate of drug-likeness (QED) is 0.197. The molecule has 0 aromatic heterocycles. The van der Waals surface area contributed by atoms with Crippen LogP contribution in [0, 0.1) is 0 Å². The Hall–Kier alpha value is -0.570. The first-order valence-corrected chi connectivity index (χ1v) is 10.1.